The van der Waals surface area contributed by atoms with Crippen LogP contribution in [0.2, 0.25) is 0 Å². The van der Waals surface area contributed by atoms with Gasteiger partial charge in [-0.15, -0.1) is 0 Å². The number of fused-ring (bicyclic) bond motifs is 3. The second-order valence-electron chi connectivity index (χ2n) is 6.24. The zero-order valence-electron chi connectivity index (χ0n) is 14.1. The van der Waals surface area contributed by atoms with E-state index in [1.165, 1.54) is 36.2 Å². The Balaban J connectivity index is 2.08. The second kappa shape index (κ2) is 5.51. The van der Waals surface area contributed by atoms with E-state index in [4.69, 9.17) is 0 Å². The van der Waals surface area contributed by atoms with Gasteiger partial charge in [0.25, 0.3) is 0 Å². The van der Waals surface area contributed by atoms with Crippen molar-refractivity contribution in [3.63, 3.8) is 0 Å². The largest absolute Gasteiger partial charge is 0.421 e. The summed E-state index contributed by atoms with van der Waals surface area (Å²) in [5.74, 6) is -0.0939. The Morgan fingerprint density at radius 2 is 1.63 bits per heavy atom. The molecule has 0 spiro atoms. The van der Waals surface area contributed by atoms with Crippen molar-refractivity contribution in [1.82, 2.24) is 5.32 Å². The summed E-state index contributed by atoms with van der Waals surface area (Å²) in [6, 6.07) is 14.4. The number of urea groups is 1. The Kier molecular flexibility index (Phi) is 3.46. The lowest BCUT2D eigenvalue weighted by atomic mass is 9.80. The summed E-state index contributed by atoms with van der Waals surface area (Å²) < 4.78 is 43.1. The first-order chi connectivity index (χ1) is 12.8. The Morgan fingerprint density at radius 3 is 2.22 bits per heavy atom. The van der Waals surface area contributed by atoms with Crippen molar-refractivity contribution in [3.05, 3.63) is 71.6 Å². The molecule has 0 aromatic heterocycles. The highest BCUT2D eigenvalue weighted by atomic mass is 19.4. The van der Waals surface area contributed by atoms with E-state index in [9.17, 15) is 23.2 Å². The summed E-state index contributed by atoms with van der Waals surface area (Å²) in [7, 11) is 1.54. The number of nitrogens with zero attached hydrogens (tertiary/aromatic N) is 3. The number of para-hydroxylation sites is 2. The first-order valence-corrected chi connectivity index (χ1v) is 8.05. The minimum atomic E-state index is -4.93. The highest BCUT2D eigenvalue weighted by Crippen LogP contribution is 2.52. The molecule has 0 saturated carbocycles. The van der Waals surface area contributed by atoms with Gasteiger partial charge in [-0.1, -0.05) is 42.5 Å². The van der Waals surface area contributed by atoms with Gasteiger partial charge >= 0.3 is 12.2 Å². The van der Waals surface area contributed by atoms with E-state index < -0.39 is 23.3 Å². The molecule has 0 fully saturated rings. The number of carbonyl (C=O) groups excluding carboxylic acids is 1. The van der Waals surface area contributed by atoms with Crippen LogP contribution in [0.5, 0.6) is 0 Å². The van der Waals surface area contributed by atoms with Crippen LogP contribution in [0, 0.1) is 11.3 Å². The molecule has 0 aliphatic carbocycles. The number of nitrogens with one attached hydrogen (secondary N) is 1. The smallest absolute Gasteiger partial charge is 0.328 e. The fraction of sp³-hybridized carbons (Fsp3) is 0.158. The van der Waals surface area contributed by atoms with Crippen LogP contribution in [0.4, 0.5) is 29.3 Å². The number of hydrogen-bond acceptors (Lipinski definition) is 3. The molecule has 2 aliphatic heterocycles. The van der Waals surface area contributed by atoms with E-state index in [1.807, 2.05) is 0 Å². The van der Waals surface area contributed by atoms with Gasteiger partial charge in [0.15, 0.2) is 0 Å². The molecule has 1 N–H and O–H groups in total. The molecule has 4 rings (SSSR count). The number of carbonyl (C=O) groups is 1. The molecule has 8 heteroatoms. The highest BCUT2D eigenvalue weighted by Gasteiger charge is 2.65. The Morgan fingerprint density at radius 1 is 1.04 bits per heavy atom. The molecule has 5 nitrogen and oxygen atoms in total. The van der Waals surface area contributed by atoms with Gasteiger partial charge in [0.05, 0.1) is 11.4 Å². The van der Waals surface area contributed by atoms with Gasteiger partial charge in [-0.2, -0.15) is 18.4 Å². The average Bonchev–Trinajstić information content (AvgIpc) is 2.95. The first kappa shape index (κ1) is 17.0. The average molecular weight is 370 g/mol. The zero-order valence-corrected chi connectivity index (χ0v) is 14.1. The fourth-order valence-electron chi connectivity index (χ4n) is 3.66. The molecule has 1 atom stereocenters. The quantitative estimate of drug-likeness (QED) is 0.829. The lowest BCUT2D eigenvalue weighted by Gasteiger charge is -2.42. The van der Waals surface area contributed by atoms with Gasteiger partial charge in [-0.05, 0) is 17.7 Å². The molecule has 2 aliphatic rings. The van der Waals surface area contributed by atoms with E-state index in [-0.39, 0.29) is 11.4 Å². The van der Waals surface area contributed by atoms with E-state index >= 15 is 0 Å². The molecule has 2 aromatic rings. The van der Waals surface area contributed by atoms with Gasteiger partial charge in [-0.25, -0.2) is 9.69 Å². The number of alkyl halides is 3. The van der Waals surface area contributed by atoms with Crippen LogP contribution in [0.25, 0.3) is 0 Å². The lowest BCUT2D eigenvalue weighted by molar-refractivity contribution is -0.184. The van der Waals surface area contributed by atoms with Crippen molar-refractivity contribution >= 4 is 17.4 Å². The predicted molar refractivity (Wildman–Crippen MR) is 92.7 cm³/mol. The molecule has 27 heavy (non-hydrogen) atoms. The predicted octanol–water partition coefficient (Wildman–Crippen LogP) is 3.86. The maximum atomic E-state index is 14.4. The van der Waals surface area contributed by atoms with Crippen molar-refractivity contribution in [2.45, 2.75) is 11.7 Å². The normalized spacial score (nSPS) is 21.5. The van der Waals surface area contributed by atoms with Crippen molar-refractivity contribution in [2.75, 3.05) is 16.8 Å². The minimum absolute atomic E-state index is 0.0939. The maximum Gasteiger partial charge on any atom is 0.421 e. The SMILES string of the molecule is CN1C2=C(C#N)[C@@](c3ccccc3)(C(F)(F)F)NC(=O)N2c2ccccc21. The van der Waals surface area contributed by atoms with Gasteiger partial charge in [0.2, 0.25) is 5.54 Å². The van der Waals surface area contributed by atoms with Crippen LogP contribution in [-0.4, -0.2) is 19.3 Å². The number of amides is 2. The molecule has 0 bridgehead atoms. The summed E-state index contributed by atoms with van der Waals surface area (Å²) >= 11 is 0. The Hall–Kier alpha value is -3.47. The van der Waals surface area contributed by atoms with Crippen LogP contribution in [-0.2, 0) is 5.54 Å². The summed E-state index contributed by atoms with van der Waals surface area (Å²) in [5, 5.41) is 11.8. The fourth-order valence-corrected chi connectivity index (χ4v) is 3.66. The standard InChI is InChI=1S/C19H13F3N4O/c1-25-14-9-5-6-10-15(14)26-16(25)13(11-23)18(19(20,21)22,24-17(26)27)12-7-3-2-4-8-12/h2-10H,1H3,(H,24,27)/t18-/m0/s1. The van der Waals surface area contributed by atoms with Crippen molar-refractivity contribution < 1.29 is 18.0 Å². The lowest BCUT2D eigenvalue weighted by Crippen LogP contribution is -2.64. The molecule has 0 saturated heterocycles. The molecule has 2 aromatic carbocycles. The molecule has 0 unspecified atom stereocenters. The third-order valence-corrected chi connectivity index (χ3v) is 4.85. The monoisotopic (exact) mass is 370 g/mol. The number of nitriles is 1. The third-order valence-electron chi connectivity index (χ3n) is 4.85. The van der Waals surface area contributed by atoms with Crippen LogP contribution in [0.15, 0.2) is 66.0 Å². The molecule has 136 valence electrons. The summed E-state index contributed by atoms with van der Waals surface area (Å²) in [6.45, 7) is 0. The topological polar surface area (TPSA) is 59.4 Å². The Bertz CT molecular complexity index is 1010. The van der Waals surface area contributed by atoms with E-state index in [0.717, 1.165) is 4.90 Å². The minimum Gasteiger partial charge on any atom is -0.328 e. The number of halogens is 3. The maximum absolute atomic E-state index is 14.4. The van der Waals surface area contributed by atoms with Crippen LogP contribution in [0.1, 0.15) is 5.56 Å². The van der Waals surface area contributed by atoms with Crippen molar-refractivity contribution in [2.24, 2.45) is 0 Å². The summed E-state index contributed by atoms with van der Waals surface area (Å²) in [5.41, 5.74) is -2.77. The summed E-state index contributed by atoms with van der Waals surface area (Å²) in [6.07, 6.45) is -4.93. The number of hydrogen-bond donors (Lipinski definition) is 1. The Labute approximate surface area is 152 Å². The van der Waals surface area contributed by atoms with E-state index in [1.54, 1.807) is 36.4 Å². The van der Waals surface area contributed by atoms with Gasteiger partial charge in [0, 0.05) is 7.05 Å². The van der Waals surface area contributed by atoms with Crippen LogP contribution in [0.3, 0.4) is 0 Å². The van der Waals surface area contributed by atoms with Gasteiger partial charge < -0.3 is 10.2 Å². The first-order valence-electron chi connectivity index (χ1n) is 8.05. The molecule has 2 heterocycles. The second-order valence-corrected chi connectivity index (χ2v) is 6.24. The van der Waals surface area contributed by atoms with Crippen LogP contribution < -0.4 is 15.1 Å². The summed E-state index contributed by atoms with van der Waals surface area (Å²) in [4.78, 5) is 15.4. The van der Waals surface area contributed by atoms with Gasteiger partial charge in [-0.3, -0.25) is 0 Å². The number of rotatable bonds is 1. The van der Waals surface area contributed by atoms with Crippen molar-refractivity contribution in [3.8, 4) is 6.07 Å². The molecular weight excluding hydrogens is 357 g/mol. The number of anilines is 2. The third kappa shape index (κ3) is 2.08. The zero-order chi connectivity index (χ0) is 19.4. The molecule has 0 radical (unpaired) electrons. The highest BCUT2D eigenvalue weighted by molar-refractivity contribution is 6.06. The van der Waals surface area contributed by atoms with Crippen LogP contribution >= 0.6 is 0 Å². The van der Waals surface area contributed by atoms with Crippen molar-refractivity contribution in [1.29, 1.82) is 5.26 Å². The van der Waals surface area contributed by atoms with Gasteiger partial charge in [0.1, 0.15) is 17.5 Å². The van der Waals surface area contributed by atoms with E-state index in [2.05, 4.69) is 5.32 Å². The van der Waals surface area contributed by atoms with E-state index in [0.29, 0.717) is 11.4 Å². The molecular formula is C19H13F3N4O. The molecule has 2 amide bonds. The number of benzene rings is 2.